The number of fused-ring (bicyclic) bond motifs is 3. The molecule has 0 bridgehead atoms. The summed E-state index contributed by atoms with van der Waals surface area (Å²) in [6, 6.07) is 14.9. The molecule has 5 heteroatoms. The largest absolute Gasteiger partial charge is 0.356 e. The van der Waals surface area contributed by atoms with E-state index in [2.05, 4.69) is 83.0 Å². The van der Waals surface area contributed by atoms with Crippen molar-refractivity contribution in [3.8, 4) is 0 Å². The maximum atomic E-state index is 13.0. The lowest BCUT2D eigenvalue weighted by Gasteiger charge is -2.36. The number of hydrogen-bond donors (Lipinski definition) is 1. The summed E-state index contributed by atoms with van der Waals surface area (Å²) in [5, 5.41) is 1.30. The monoisotopic (exact) mass is 422 g/mol. The molecule has 138 valence electrons. The lowest BCUT2D eigenvalue weighted by molar-refractivity contribution is -0.133. The maximum Gasteiger partial charge on any atom is 0.223 e. The highest BCUT2D eigenvalue weighted by atomic mass is 79.9. The van der Waals surface area contributed by atoms with Crippen LogP contribution in [0.4, 0.5) is 0 Å². The minimum atomic E-state index is -0.0427. The summed E-state index contributed by atoms with van der Waals surface area (Å²) >= 11 is 3.53. The number of benzene rings is 2. The van der Waals surface area contributed by atoms with Crippen LogP contribution < -0.4 is 5.46 Å². The number of aromatic amines is 1. The van der Waals surface area contributed by atoms with Crippen molar-refractivity contribution >= 4 is 46.0 Å². The topological polar surface area (TPSA) is 36.1 Å². The molecule has 0 saturated heterocycles. The first-order valence-electron chi connectivity index (χ1n) is 9.74. The number of H-pyrrole nitrogens is 1. The molecule has 1 aliphatic rings. The van der Waals surface area contributed by atoms with E-state index in [1.807, 2.05) is 0 Å². The van der Waals surface area contributed by atoms with Crippen LogP contribution in [0.2, 0.25) is 0 Å². The fourth-order valence-corrected chi connectivity index (χ4v) is 4.40. The SMILES string of the molecule is Bc1ccc2[nH]c3c(c2c1)CCN(C(=O)CCCC)C3c1ccc(Br)cc1. The molecule has 3 aromatic rings. The number of nitrogens with one attached hydrogen (secondary N) is 1. The van der Waals surface area contributed by atoms with E-state index in [4.69, 9.17) is 0 Å². The summed E-state index contributed by atoms with van der Waals surface area (Å²) in [6.45, 7) is 2.91. The predicted molar refractivity (Wildman–Crippen MR) is 117 cm³/mol. The van der Waals surface area contributed by atoms with Gasteiger partial charge in [-0.15, -0.1) is 0 Å². The summed E-state index contributed by atoms with van der Waals surface area (Å²) in [5.74, 6) is 0.255. The van der Waals surface area contributed by atoms with Gasteiger partial charge in [0.1, 0.15) is 7.85 Å². The Hall–Kier alpha value is -2.01. The standard InChI is InChI=1S/C22H24BBrN2O/c1-2-3-4-20(27)26-12-11-17-18-13-15(23)7-10-19(18)25-21(17)22(26)14-5-8-16(24)9-6-14/h5-10,13,22,25H,2-4,11-12,23H2,1H3. The molecule has 4 rings (SSSR count). The summed E-state index contributed by atoms with van der Waals surface area (Å²) in [6.07, 6.45) is 3.52. The fraction of sp³-hybridized carbons (Fsp3) is 0.318. The summed E-state index contributed by atoms with van der Waals surface area (Å²) in [5.41, 5.74) is 6.13. The summed E-state index contributed by atoms with van der Waals surface area (Å²) in [4.78, 5) is 18.7. The Bertz CT molecular complexity index is 980. The highest BCUT2D eigenvalue weighted by Crippen LogP contribution is 2.38. The van der Waals surface area contributed by atoms with Gasteiger partial charge >= 0.3 is 0 Å². The third-order valence-corrected chi connectivity index (χ3v) is 6.06. The summed E-state index contributed by atoms with van der Waals surface area (Å²) in [7, 11) is 2.13. The van der Waals surface area contributed by atoms with Crippen molar-refractivity contribution in [3.05, 3.63) is 63.8 Å². The number of unbranched alkanes of at least 4 members (excludes halogenated alkanes) is 1. The molecule has 1 N–H and O–H groups in total. The van der Waals surface area contributed by atoms with Gasteiger partial charge in [-0.1, -0.05) is 59.0 Å². The Balaban J connectivity index is 1.83. The van der Waals surface area contributed by atoms with Crippen LogP contribution in [0.5, 0.6) is 0 Å². The van der Waals surface area contributed by atoms with Crippen LogP contribution in [0.1, 0.15) is 49.0 Å². The van der Waals surface area contributed by atoms with Gasteiger partial charge in [-0.2, -0.15) is 0 Å². The molecule has 0 aliphatic carbocycles. The zero-order valence-electron chi connectivity index (χ0n) is 15.9. The predicted octanol–water partition coefficient (Wildman–Crippen LogP) is 3.85. The van der Waals surface area contributed by atoms with Crippen molar-refractivity contribution in [1.29, 1.82) is 0 Å². The van der Waals surface area contributed by atoms with Gasteiger partial charge in [0.25, 0.3) is 0 Å². The lowest BCUT2D eigenvalue weighted by Crippen LogP contribution is -2.40. The second-order valence-electron chi connectivity index (χ2n) is 7.46. The average Bonchev–Trinajstić information content (AvgIpc) is 3.04. The Morgan fingerprint density at radius 2 is 2.04 bits per heavy atom. The van der Waals surface area contributed by atoms with Crippen molar-refractivity contribution in [2.24, 2.45) is 0 Å². The molecule has 0 saturated carbocycles. The molecule has 0 fully saturated rings. The summed E-state index contributed by atoms with van der Waals surface area (Å²) < 4.78 is 1.05. The Morgan fingerprint density at radius 1 is 1.26 bits per heavy atom. The van der Waals surface area contributed by atoms with E-state index in [-0.39, 0.29) is 11.9 Å². The molecule has 1 aliphatic heterocycles. The minimum Gasteiger partial charge on any atom is -0.356 e. The van der Waals surface area contributed by atoms with Crippen molar-refractivity contribution in [1.82, 2.24) is 9.88 Å². The molecule has 1 aromatic heterocycles. The lowest BCUT2D eigenvalue weighted by atomic mass is 9.89. The molecule has 2 aromatic carbocycles. The van der Waals surface area contributed by atoms with E-state index in [0.717, 1.165) is 41.4 Å². The number of aromatic nitrogens is 1. The first kappa shape index (κ1) is 18.4. The second-order valence-corrected chi connectivity index (χ2v) is 8.38. The highest BCUT2D eigenvalue weighted by molar-refractivity contribution is 9.10. The zero-order valence-corrected chi connectivity index (χ0v) is 17.5. The third-order valence-electron chi connectivity index (χ3n) is 5.53. The first-order valence-corrected chi connectivity index (χ1v) is 10.5. The Kier molecular flexibility index (Phi) is 5.13. The Morgan fingerprint density at radius 3 is 2.78 bits per heavy atom. The molecule has 1 atom stereocenters. The van der Waals surface area contributed by atoms with Crippen molar-refractivity contribution in [2.45, 2.75) is 38.6 Å². The third kappa shape index (κ3) is 3.45. The minimum absolute atomic E-state index is 0.0427. The molecular formula is C22H24BBrN2O. The van der Waals surface area contributed by atoms with E-state index in [9.17, 15) is 4.79 Å². The zero-order chi connectivity index (χ0) is 19.0. The van der Waals surface area contributed by atoms with Crippen LogP contribution in [-0.4, -0.2) is 30.2 Å². The van der Waals surface area contributed by atoms with Crippen LogP contribution in [0, 0.1) is 0 Å². The molecular weight excluding hydrogens is 399 g/mol. The van der Waals surface area contributed by atoms with Crippen molar-refractivity contribution < 1.29 is 4.79 Å². The van der Waals surface area contributed by atoms with E-state index in [0.29, 0.717) is 6.42 Å². The van der Waals surface area contributed by atoms with E-state index < -0.39 is 0 Å². The molecule has 27 heavy (non-hydrogen) atoms. The van der Waals surface area contributed by atoms with Crippen LogP contribution >= 0.6 is 15.9 Å². The maximum absolute atomic E-state index is 13.0. The molecule has 1 unspecified atom stereocenters. The molecule has 2 heterocycles. The van der Waals surface area contributed by atoms with Crippen molar-refractivity contribution in [2.75, 3.05) is 6.54 Å². The fourth-order valence-electron chi connectivity index (χ4n) is 4.13. The van der Waals surface area contributed by atoms with E-state index >= 15 is 0 Å². The van der Waals surface area contributed by atoms with Gasteiger partial charge in [-0.05, 0) is 42.2 Å². The smallest absolute Gasteiger partial charge is 0.223 e. The van der Waals surface area contributed by atoms with Gasteiger partial charge in [-0.25, -0.2) is 0 Å². The van der Waals surface area contributed by atoms with Crippen LogP contribution in [-0.2, 0) is 11.2 Å². The van der Waals surface area contributed by atoms with Gasteiger partial charge in [0.2, 0.25) is 5.91 Å². The van der Waals surface area contributed by atoms with E-state index in [1.54, 1.807) is 0 Å². The van der Waals surface area contributed by atoms with Gasteiger partial charge in [-0.3, -0.25) is 4.79 Å². The van der Waals surface area contributed by atoms with Crippen LogP contribution in [0.15, 0.2) is 46.9 Å². The van der Waals surface area contributed by atoms with Gasteiger partial charge in [0.15, 0.2) is 0 Å². The number of carbonyl (C=O) groups is 1. The number of halogens is 1. The Labute approximate surface area is 169 Å². The van der Waals surface area contributed by atoms with Gasteiger partial charge in [0, 0.05) is 34.0 Å². The normalized spacial score (nSPS) is 16.5. The van der Waals surface area contributed by atoms with E-state index in [1.165, 1.54) is 22.1 Å². The quantitative estimate of drug-likeness (QED) is 0.636. The van der Waals surface area contributed by atoms with Crippen LogP contribution in [0.25, 0.3) is 10.9 Å². The second kappa shape index (κ2) is 7.55. The number of amides is 1. The number of hydrogen-bond acceptors (Lipinski definition) is 1. The number of rotatable bonds is 4. The first-order chi connectivity index (χ1) is 13.1. The molecule has 1 amide bonds. The molecule has 3 nitrogen and oxygen atoms in total. The molecule has 0 radical (unpaired) electrons. The van der Waals surface area contributed by atoms with Gasteiger partial charge in [0.05, 0.1) is 6.04 Å². The average molecular weight is 423 g/mol. The van der Waals surface area contributed by atoms with Crippen LogP contribution in [0.3, 0.4) is 0 Å². The van der Waals surface area contributed by atoms with Gasteiger partial charge < -0.3 is 9.88 Å². The molecule has 0 spiro atoms. The highest BCUT2D eigenvalue weighted by Gasteiger charge is 2.34. The number of carbonyl (C=O) groups excluding carboxylic acids is 1. The van der Waals surface area contributed by atoms with Crippen molar-refractivity contribution in [3.63, 3.8) is 0 Å². The number of nitrogens with zero attached hydrogens (tertiary/aromatic N) is 1.